The van der Waals surface area contributed by atoms with Crippen LogP contribution < -0.4 is 5.11 Å². The Morgan fingerprint density at radius 1 is 1.27 bits per heavy atom. The van der Waals surface area contributed by atoms with E-state index in [2.05, 4.69) is 21.0 Å². The fraction of sp³-hybridized carbons (Fsp3) is 0.909. The van der Waals surface area contributed by atoms with Gasteiger partial charge in [0.2, 0.25) is 0 Å². The molecule has 0 aromatic rings. The lowest BCUT2D eigenvalue weighted by Crippen LogP contribution is -2.41. The highest BCUT2D eigenvalue weighted by Crippen LogP contribution is 1.94. The van der Waals surface area contributed by atoms with E-state index in [1.165, 1.54) is 0 Å². The van der Waals surface area contributed by atoms with Crippen molar-refractivity contribution in [3.63, 3.8) is 0 Å². The molecule has 0 atom stereocenters. The van der Waals surface area contributed by atoms with Crippen molar-refractivity contribution < 1.29 is 19.1 Å². The molecular weight excluding hydrogens is 194 g/mol. The SMILES string of the molecule is CCCC(=O)[O-].CCOC[N+](C)(C)CC. The summed E-state index contributed by atoms with van der Waals surface area (Å²) in [7, 11) is 4.32. The van der Waals surface area contributed by atoms with Gasteiger partial charge in [-0.15, -0.1) is 0 Å². The third kappa shape index (κ3) is 16.1. The first-order chi connectivity index (χ1) is 6.89. The number of hydrogen-bond acceptors (Lipinski definition) is 3. The lowest BCUT2D eigenvalue weighted by atomic mass is 10.4. The van der Waals surface area contributed by atoms with Gasteiger partial charge in [-0.2, -0.15) is 0 Å². The molecule has 0 aliphatic rings. The van der Waals surface area contributed by atoms with Crippen molar-refractivity contribution in [2.45, 2.75) is 33.6 Å². The summed E-state index contributed by atoms with van der Waals surface area (Å²) in [5.41, 5.74) is 0. The second-order valence-electron chi connectivity index (χ2n) is 4.00. The van der Waals surface area contributed by atoms with Crippen LogP contribution in [0.5, 0.6) is 0 Å². The van der Waals surface area contributed by atoms with E-state index in [0.717, 1.165) is 24.4 Å². The normalized spacial score (nSPS) is 10.5. The van der Waals surface area contributed by atoms with Gasteiger partial charge < -0.3 is 19.1 Å². The van der Waals surface area contributed by atoms with Crippen molar-refractivity contribution in [2.75, 3.05) is 34.0 Å². The molecule has 4 heteroatoms. The van der Waals surface area contributed by atoms with Gasteiger partial charge in [-0.1, -0.05) is 13.3 Å². The monoisotopic (exact) mass is 219 g/mol. The van der Waals surface area contributed by atoms with Gasteiger partial charge in [0, 0.05) is 12.6 Å². The first-order valence-corrected chi connectivity index (χ1v) is 5.49. The lowest BCUT2D eigenvalue weighted by Gasteiger charge is -2.26. The summed E-state index contributed by atoms with van der Waals surface area (Å²) in [5, 5.41) is 9.49. The van der Waals surface area contributed by atoms with Crippen molar-refractivity contribution in [1.82, 2.24) is 0 Å². The van der Waals surface area contributed by atoms with Gasteiger partial charge >= 0.3 is 0 Å². The molecule has 0 aliphatic carbocycles. The van der Waals surface area contributed by atoms with Crippen LogP contribution >= 0.6 is 0 Å². The molecule has 0 aliphatic heterocycles. The molecule has 92 valence electrons. The summed E-state index contributed by atoms with van der Waals surface area (Å²) < 4.78 is 6.21. The van der Waals surface area contributed by atoms with Crippen LogP contribution in [-0.2, 0) is 9.53 Å². The molecule has 0 fully saturated rings. The Hall–Kier alpha value is -0.610. The molecule has 0 spiro atoms. The molecule has 0 saturated heterocycles. The number of hydrogen-bond donors (Lipinski definition) is 0. The maximum Gasteiger partial charge on any atom is 0.182 e. The van der Waals surface area contributed by atoms with E-state index < -0.39 is 5.97 Å². The Kier molecular flexibility index (Phi) is 11.1. The van der Waals surface area contributed by atoms with Gasteiger partial charge in [0.15, 0.2) is 6.73 Å². The van der Waals surface area contributed by atoms with Crippen LogP contribution in [-0.4, -0.2) is 44.4 Å². The Morgan fingerprint density at radius 2 is 1.80 bits per heavy atom. The minimum Gasteiger partial charge on any atom is -0.550 e. The summed E-state index contributed by atoms with van der Waals surface area (Å²) in [6.45, 7) is 8.76. The Balaban J connectivity index is 0. The van der Waals surface area contributed by atoms with Crippen molar-refractivity contribution in [2.24, 2.45) is 0 Å². The summed E-state index contributed by atoms with van der Waals surface area (Å²) in [6.07, 6.45) is 0.850. The zero-order chi connectivity index (χ0) is 12.3. The Morgan fingerprint density at radius 3 is 2.00 bits per heavy atom. The minimum atomic E-state index is -0.961. The average Bonchev–Trinajstić information content (AvgIpc) is 2.16. The average molecular weight is 219 g/mol. The van der Waals surface area contributed by atoms with Gasteiger partial charge in [0.05, 0.1) is 20.6 Å². The predicted molar refractivity (Wildman–Crippen MR) is 59.1 cm³/mol. The van der Waals surface area contributed by atoms with E-state index in [-0.39, 0.29) is 6.42 Å². The van der Waals surface area contributed by atoms with E-state index >= 15 is 0 Å². The number of quaternary nitrogens is 1. The van der Waals surface area contributed by atoms with Gasteiger partial charge in [-0.25, -0.2) is 0 Å². The summed E-state index contributed by atoms with van der Waals surface area (Å²) in [4.78, 5) is 9.49. The highest BCUT2D eigenvalue weighted by atomic mass is 16.5. The first-order valence-electron chi connectivity index (χ1n) is 5.49. The zero-order valence-electron chi connectivity index (χ0n) is 10.7. The summed E-state index contributed by atoms with van der Waals surface area (Å²) >= 11 is 0. The molecule has 0 amide bonds. The van der Waals surface area contributed by atoms with Crippen LogP contribution in [0.2, 0.25) is 0 Å². The van der Waals surface area contributed by atoms with Gasteiger partial charge in [0.25, 0.3) is 0 Å². The fourth-order valence-electron chi connectivity index (χ4n) is 0.634. The van der Waals surface area contributed by atoms with E-state index in [4.69, 9.17) is 4.74 Å². The Bertz CT molecular complexity index is 158. The van der Waals surface area contributed by atoms with Crippen LogP contribution in [0.3, 0.4) is 0 Å². The quantitative estimate of drug-likeness (QED) is 0.486. The molecule has 0 N–H and O–H groups in total. The van der Waals surface area contributed by atoms with E-state index in [1.54, 1.807) is 6.92 Å². The van der Waals surface area contributed by atoms with Crippen molar-refractivity contribution in [1.29, 1.82) is 0 Å². The third-order valence-corrected chi connectivity index (χ3v) is 1.96. The molecule has 0 unspecified atom stereocenters. The second kappa shape index (κ2) is 9.93. The first kappa shape index (κ1) is 16.8. The van der Waals surface area contributed by atoms with E-state index in [9.17, 15) is 9.90 Å². The fourth-order valence-corrected chi connectivity index (χ4v) is 0.634. The smallest absolute Gasteiger partial charge is 0.182 e. The number of carbonyl (C=O) groups excluding carboxylic acids is 1. The van der Waals surface area contributed by atoms with Gasteiger partial charge in [-0.3, -0.25) is 0 Å². The number of carboxylic acids is 1. The van der Waals surface area contributed by atoms with Crippen LogP contribution in [0.15, 0.2) is 0 Å². The van der Waals surface area contributed by atoms with E-state index in [0.29, 0.717) is 6.42 Å². The topological polar surface area (TPSA) is 49.4 Å². The number of carboxylic acid groups (broad SMARTS) is 1. The lowest BCUT2D eigenvalue weighted by molar-refractivity contribution is -0.907. The highest BCUT2D eigenvalue weighted by Gasteiger charge is 2.09. The van der Waals surface area contributed by atoms with Crippen molar-refractivity contribution >= 4 is 5.97 Å². The van der Waals surface area contributed by atoms with Crippen LogP contribution in [0.1, 0.15) is 33.6 Å². The highest BCUT2D eigenvalue weighted by molar-refractivity contribution is 5.63. The Labute approximate surface area is 93.4 Å². The molecule has 0 aromatic carbocycles. The number of nitrogens with zero attached hydrogens (tertiary/aromatic N) is 1. The summed E-state index contributed by atoms with van der Waals surface area (Å²) in [5.74, 6) is -0.961. The zero-order valence-corrected chi connectivity index (χ0v) is 10.7. The number of carbonyl (C=O) groups is 1. The second-order valence-corrected chi connectivity index (χ2v) is 4.00. The molecular formula is C11H25NO3. The molecule has 4 nitrogen and oxygen atoms in total. The molecule has 0 radical (unpaired) electrons. The number of aliphatic carboxylic acids is 1. The summed E-state index contributed by atoms with van der Waals surface area (Å²) in [6, 6.07) is 0. The van der Waals surface area contributed by atoms with Crippen molar-refractivity contribution in [3.8, 4) is 0 Å². The maximum atomic E-state index is 9.49. The predicted octanol–water partition coefficient (Wildman–Crippen LogP) is 0.613. The van der Waals surface area contributed by atoms with Crippen LogP contribution in [0.25, 0.3) is 0 Å². The minimum absolute atomic E-state index is 0.181. The molecule has 0 bridgehead atoms. The number of rotatable bonds is 6. The van der Waals surface area contributed by atoms with Gasteiger partial charge in [0.1, 0.15) is 0 Å². The van der Waals surface area contributed by atoms with E-state index in [1.807, 2.05) is 6.92 Å². The van der Waals surface area contributed by atoms with Crippen molar-refractivity contribution in [3.05, 3.63) is 0 Å². The molecule has 15 heavy (non-hydrogen) atoms. The third-order valence-electron chi connectivity index (χ3n) is 1.96. The maximum absolute atomic E-state index is 9.49. The molecule has 0 aromatic heterocycles. The molecule has 0 rings (SSSR count). The van der Waals surface area contributed by atoms with Gasteiger partial charge in [-0.05, 0) is 20.3 Å². The van der Waals surface area contributed by atoms with Crippen LogP contribution in [0.4, 0.5) is 0 Å². The number of ether oxygens (including phenoxy) is 1. The molecule has 0 saturated carbocycles. The standard InChI is InChI=1S/C7H18NO.C4H8O2/c1-5-8(3,4)7-9-6-2;1-2-3-4(5)6/h5-7H2,1-4H3;2-3H2,1H3,(H,5,6)/q+1;/p-1. The molecule has 0 heterocycles. The van der Waals surface area contributed by atoms with Crippen LogP contribution in [0, 0.1) is 0 Å². The largest absolute Gasteiger partial charge is 0.550 e.